The first-order chi connectivity index (χ1) is 11.2. The lowest BCUT2D eigenvalue weighted by molar-refractivity contribution is -0.135. The number of nitrogens with one attached hydrogen (secondary N) is 2. The lowest BCUT2D eigenvalue weighted by Crippen LogP contribution is -2.49. The van der Waals surface area contributed by atoms with Gasteiger partial charge in [0.05, 0.1) is 12.2 Å². The normalized spacial score (nSPS) is 24.8. The molecule has 0 bridgehead atoms. The van der Waals surface area contributed by atoms with Crippen LogP contribution in [0.3, 0.4) is 0 Å². The van der Waals surface area contributed by atoms with E-state index in [2.05, 4.69) is 15.6 Å². The van der Waals surface area contributed by atoms with Gasteiger partial charge in [-0.2, -0.15) is 0 Å². The topological polar surface area (TPSA) is 74.3 Å². The average Bonchev–Trinajstić information content (AvgIpc) is 2.84. The number of hydrogen-bond donors (Lipinski definition) is 2. The molecule has 0 saturated carbocycles. The van der Waals surface area contributed by atoms with Crippen molar-refractivity contribution in [3.8, 4) is 0 Å². The summed E-state index contributed by atoms with van der Waals surface area (Å²) in [5.41, 5.74) is 0.884. The van der Waals surface area contributed by atoms with Crippen molar-refractivity contribution < 1.29 is 9.59 Å². The number of nitrogens with zero attached hydrogens (tertiary/aromatic N) is 2. The second kappa shape index (κ2) is 7.79. The SMILES string of the molecule is O=C1N[C@H](C(=O)N(Cc2ccccn2)C2CCCNCC2)CS1. The Morgan fingerprint density at radius 1 is 1.35 bits per heavy atom. The van der Waals surface area contributed by atoms with Gasteiger partial charge in [0.1, 0.15) is 6.04 Å². The summed E-state index contributed by atoms with van der Waals surface area (Å²) in [6.07, 6.45) is 4.73. The zero-order valence-electron chi connectivity index (χ0n) is 13.0. The van der Waals surface area contributed by atoms with E-state index >= 15 is 0 Å². The Morgan fingerprint density at radius 2 is 2.26 bits per heavy atom. The van der Waals surface area contributed by atoms with E-state index in [9.17, 15) is 9.59 Å². The second-order valence-electron chi connectivity index (χ2n) is 5.92. The summed E-state index contributed by atoms with van der Waals surface area (Å²) in [5, 5.41) is 6.05. The molecule has 0 spiro atoms. The molecule has 6 nitrogen and oxygen atoms in total. The van der Waals surface area contributed by atoms with Crippen molar-refractivity contribution in [2.24, 2.45) is 0 Å². The van der Waals surface area contributed by atoms with Crippen molar-refractivity contribution in [1.29, 1.82) is 0 Å². The van der Waals surface area contributed by atoms with Crippen LogP contribution in [0.5, 0.6) is 0 Å². The summed E-state index contributed by atoms with van der Waals surface area (Å²) in [4.78, 5) is 30.7. The minimum atomic E-state index is -0.410. The van der Waals surface area contributed by atoms with E-state index in [0.717, 1.165) is 38.0 Å². The minimum Gasteiger partial charge on any atom is -0.334 e. The Kier molecular flexibility index (Phi) is 5.51. The summed E-state index contributed by atoms with van der Waals surface area (Å²) < 4.78 is 0. The van der Waals surface area contributed by atoms with Gasteiger partial charge in [-0.3, -0.25) is 14.6 Å². The summed E-state index contributed by atoms with van der Waals surface area (Å²) in [7, 11) is 0. The number of thioether (sulfide) groups is 1. The van der Waals surface area contributed by atoms with Crippen molar-refractivity contribution in [1.82, 2.24) is 20.5 Å². The molecule has 2 N–H and O–H groups in total. The molecule has 2 amide bonds. The van der Waals surface area contributed by atoms with E-state index in [0.29, 0.717) is 12.3 Å². The van der Waals surface area contributed by atoms with Gasteiger partial charge in [0, 0.05) is 18.0 Å². The van der Waals surface area contributed by atoms with Gasteiger partial charge < -0.3 is 15.5 Å². The van der Waals surface area contributed by atoms with Crippen LogP contribution in [0.2, 0.25) is 0 Å². The molecule has 2 fully saturated rings. The molecule has 1 aromatic rings. The number of aromatic nitrogens is 1. The van der Waals surface area contributed by atoms with E-state index in [1.54, 1.807) is 6.20 Å². The van der Waals surface area contributed by atoms with Crippen LogP contribution in [0.25, 0.3) is 0 Å². The molecule has 1 aromatic heterocycles. The monoisotopic (exact) mass is 334 g/mol. The van der Waals surface area contributed by atoms with Crippen molar-refractivity contribution in [2.45, 2.75) is 37.9 Å². The highest BCUT2D eigenvalue weighted by Crippen LogP contribution is 2.21. The van der Waals surface area contributed by atoms with Gasteiger partial charge in [0.2, 0.25) is 5.91 Å². The summed E-state index contributed by atoms with van der Waals surface area (Å²) >= 11 is 1.18. The predicted octanol–water partition coefficient (Wildman–Crippen LogP) is 1.38. The Labute approximate surface area is 140 Å². The van der Waals surface area contributed by atoms with Crippen LogP contribution < -0.4 is 10.6 Å². The number of amides is 2. The maximum absolute atomic E-state index is 13.0. The summed E-state index contributed by atoms with van der Waals surface area (Å²) in [5.74, 6) is 0.530. The van der Waals surface area contributed by atoms with Gasteiger partial charge in [-0.25, -0.2) is 0 Å². The predicted molar refractivity (Wildman–Crippen MR) is 90.1 cm³/mol. The molecule has 0 radical (unpaired) electrons. The van der Waals surface area contributed by atoms with Gasteiger partial charge in [0.15, 0.2) is 0 Å². The zero-order valence-corrected chi connectivity index (χ0v) is 13.8. The first kappa shape index (κ1) is 16.3. The molecular formula is C16H22N4O2S. The van der Waals surface area contributed by atoms with Gasteiger partial charge in [-0.15, -0.1) is 0 Å². The third-order valence-corrected chi connectivity index (χ3v) is 5.18. The molecule has 2 aliphatic rings. The van der Waals surface area contributed by atoms with Crippen LogP contribution in [0.1, 0.15) is 25.0 Å². The number of carbonyl (C=O) groups excluding carboxylic acids is 2. The smallest absolute Gasteiger partial charge is 0.279 e. The highest BCUT2D eigenvalue weighted by Gasteiger charge is 2.34. The van der Waals surface area contributed by atoms with Gasteiger partial charge in [-0.1, -0.05) is 17.8 Å². The van der Waals surface area contributed by atoms with Gasteiger partial charge in [0.25, 0.3) is 5.24 Å². The van der Waals surface area contributed by atoms with Crippen LogP contribution in [0.15, 0.2) is 24.4 Å². The van der Waals surface area contributed by atoms with Crippen molar-refractivity contribution in [3.63, 3.8) is 0 Å². The third kappa shape index (κ3) is 4.23. The van der Waals surface area contributed by atoms with E-state index in [1.807, 2.05) is 23.1 Å². The Bertz CT molecular complexity index is 546. The van der Waals surface area contributed by atoms with E-state index in [4.69, 9.17) is 0 Å². The van der Waals surface area contributed by atoms with E-state index in [1.165, 1.54) is 11.8 Å². The second-order valence-corrected chi connectivity index (χ2v) is 6.91. The first-order valence-corrected chi connectivity index (χ1v) is 9.07. The minimum absolute atomic E-state index is 0.0147. The third-order valence-electron chi connectivity index (χ3n) is 4.30. The van der Waals surface area contributed by atoms with Crippen LogP contribution in [-0.4, -0.2) is 52.0 Å². The quantitative estimate of drug-likeness (QED) is 0.870. The molecule has 3 heterocycles. The molecule has 0 aliphatic carbocycles. The fraction of sp³-hybridized carbons (Fsp3) is 0.562. The molecule has 3 rings (SSSR count). The highest BCUT2D eigenvalue weighted by atomic mass is 32.2. The molecular weight excluding hydrogens is 312 g/mol. The summed E-state index contributed by atoms with van der Waals surface area (Å²) in [6, 6.07) is 5.54. The van der Waals surface area contributed by atoms with Crippen LogP contribution in [0.4, 0.5) is 4.79 Å². The fourth-order valence-corrected chi connectivity index (χ4v) is 3.85. The van der Waals surface area contributed by atoms with Crippen LogP contribution in [-0.2, 0) is 11.3 Å². The molecule has 1 unspecified atom stereocenters. The fourth-order valence-electron chi connectivity index (χ4n) is 3.08. The standard InChI is InChI=1S/C16H22N4O2S/c21-15(14-11-23-16(22)19-14)20(10-12-4-1-2-8-18-12)13-5-3-7-17-9-6-13/h1-2,4,8,13-14,17H,3,5-7,9-11H2,(H,19,22)/t13?,14-/m0/s1. The molecule has 2 saturated heterocycles. The zero-order chi connectivity index (χ0) is 16.1. The Balaban J connectivity index is 1.77. The molecule has 2 atom stereocenters. The molecule has 7 heteroatoms. The molecule has 124 valence electrons. The van der Waals surface area contributed by atoms with Crippen LogP contribution in [0, 0.1) is 0 Å². The number of carbonyl (C=O) groups is 2. The summed E-state index contributed by atoms with van der Waals surface area (Å²) in [6.45, 7) is 2.42. The van der Waals surface area contributed by atoms with Gasteiger partial charge in [-0.05, 0) is 44.5 Å². The largest absolute Gasteiger partial charge is 0.334 e. The van der Waals surface area contributed by atoms with Gasteiger partial charge >= 0.3 is 0 Å². The maximum atomic E-state index is 13.0. The lowest BCUT2D eigenvalue weighted by atomic mass is 10.1. The number of pyridine rings is 1. The number of hydrogen-bond acceptors (Lipinski definition) is 5. The Hall–Kier alpha value is -1.60. The molecule has 23 heavy (non-hydrogen) atoms. The average molecular weight is 334 g/mol. The van der Waals surface area contributed by atoms with E-state index < -0.39 is 6.04 Å². The van der Waals surface area contributed by atoms with E-state index in [-0.39, 0.29) is 17.2 Å². The number of rotatable bonds is 4. The molecule has 2 aliphatic heterocycles. The van der Waals surface area contributed by atoms with Crippen molar-refractivity contribution >= 4 is 22.9 Å². The molecule has 0 aromatic carbocycles. The Morgan fingerprint density at radius 3 is 3.00 bits per heavy atom. The lowest BCUT2D eigenvalue weighted by Gasteiger charge is -2.32. The first-order valence-electron chi connectivity index (χ1n) is 8.08. The highest BCUT2D eigenvalue weighted by molar-refractivity contribution is 8.14. The van der Waals surface area contributed by atoms with Crippen molar-refractivity contribution in [3.05, 3.63) is 30.1 Å². The van der Waals surface area contributed by atoms with Crippen molar-refractivity contribution in [2.75, 3.05) is 18.8 Å². The van der Waals surface area contributed by atoms with Crippen LogP contribution >= 0.6 is 11.8 Å². The maximum Gasteiger partial charge on any atom is 0.279 e.